The average Bonchev–Trinajstić information content (AvgIpc) is 2.79. The minimum Gasteiger partial charge on any atom is -0.366 e. The topological polar surface area (TPSA) is 70.9 Å². The third-order valence-corrected chi connectivity index (χ3v) is 3.96. The number of carbonyl (C=O) groups excluding carboxylic acids is 1. The van der Waals surface area contributed by atoms with E-state index in [2.05, 4.69) is 22.4 Å². The van der Waals surface area contributed by atoms with Gasteiger partial charge in [-0.05, 0) is 49.9 Å². The van der Waals surface area contributed by atoms with Crippen LogP contribution in [0, 0.1) is 6.92 Å². The molecule has 0 radical (unpaired) electrons. The number of amides is 1. The second-order valence-electron chi connectivity index (χ2n) is 5.35. The first-order valence-corrected chi connectivity index (χ1v) is 6.79. The summed E-state index contributed by atoms with van der Waals surface area (Å²) in [5.41, 5.74) is 9.29. The molecule has 0 unspecified atom stereocenters. The number of halogens is 1. The standard InChI is InChI=1S/C15H19N3O.ClH/c1-9-7-13-11(10-3-2-6-17-8-10)4-5-12(15(16)19)14(13)18-9;/h4-5,7,10,17-18H,2-3,6,8H2,1H3,(H2,16,19);1H/t10-;/m0./s1. The normalized spacial score (nSPS) is 18.8. The summed E-state index contributed by atoms with van der Waals surface area (Å²) in [4.78, 5) is 14.8. The van der Waals surface area contributed by atoms with Gasteiger partial charge in [0.2, 0.25) is 0 Å². The Bertz CT molecular complexity index is 629. The Morgan fingerprint density at radius 2 is 2.20 bits per heavy atom. The highest BCUT2D eigenvalue weighted by molar-refractivity contribution is 6.06. The zero-order valence-corrected chi connectivity index (χ0v) is 12.3. The molecule has 1 saturated heterocycles. The Morgan fingerprint density at radius 1 is 1.40 bits per heavy atom. The van der Waals surface area contributed by atoms with E-state index >= 15 is 0 Å². The summed E-state index contributed by atoms with van der Waals surface area (Å²) < 4.78 is 0. The third kappa shape index (κ3) is 2.53. The van der Waals surface area contributed by atoms with Crippen LogP contribution < -0.4 is 11.1 Å². The summed E-state index contributed by atoms with van der Waals surface area (Å²) in [6, 6.07) is 6.03. The van der Waals surface area contributed by atoms with Crippen molar-refractivity contribution in [1.82, 2.24) is 10.3 Å². The van der Waals surface area contributed by atoms with E-state index in [-0.39, 0.29) is 18.3 Å². The van der Waals surface area contributed by atoms with Crippen LogP contribution in [0.3, 0.4) is 0 Å². The maximum absolute atomic E-state index is 11.5. The number of aryl methyl sites for hydroxylation is 1. The number of rotatable bonds is 2. The molecule has 0 spiro atoms. The number of aromatic nitrogens is 1. The number of primary amides is 1. The predicted molar refractivity (Wildman–Crippen MR) is 83.6 cm³/mol. The Kier molecular flexibility index (Phi) is 4.35. The number of aromatic amines is 1. The van der Waals surface area contributed by atoms with Crippen molar-refractivity contribution >= 4 is 29.2 Å². The summed E-state index contributed by atoms with van der Waals surface area (Å²) >= 11 is 0. The largest absolute Gasteiger partial charge is 0.366 e. The zero-order valence-electron chi connectivity index (χ0n) is 11.5. The number of nitrogens with one attached hydrogen (secondary N) is 2. The maximum atomic E-state index is 11.5. The number of H-pyrrole nitrogens is 1. The fourth-order valence-electron chi connectivity index (χ4n) is 3.05. The Morgan fingerprint density at radius 3 is 2.85 bits per heavy atom. The van der Waals surface area contributed by atoms with Gasteiger partial charge < -0.3 is 16.0 Å². The van der Waals surface area contributed by atoms with Crippen molar-refractivity contribution in [2.75, 3.05) is 13.1 Å². The van der Waals surface area contributed by atoms with Gasteiger partial charge in [0.15, 0.2) is 0 Å². The van der Waals surface area contributed by atoms with Crippen LogP contribution in [0.4, 0.5) is 0 Å². The van der Waals surface area contributed by atoms with Gasteiger partial charge in [-0.1, -0.05) is 6.07 Å². The van der Waals surface area contributed by atoms with Gasteiger partial charge in [-0.25, -0.2) is 0 Å². The van der Waals surface area contributed by atoms with Crippen LogP contribution in [0.15, 0.2) is 18.2 Å². The van der Waals surface area contributed by atoms with Crippen molar-refractivity contribution in [3.63, 3.8) is 0 Å². The van der Waals surface area contributed by atoms with Gasteiger partial charge >= 0.3 is 0 Å². The minimum atomic E-state index is -0.375. The summed E-state index contributed by atoms with van der Waals surface area (Å²) in [6.45, 7) is 4.12. The molecule has 2 aromatic rings. The lowest BCUT2D eigenvalue weighted by Crippen LogP contribution is -2.28. The highest BCUT2D eigenvalue weighted by Gasteiger charge is 2.20. The van der Waals surface area contributed by atoms with Crippen LogP contribution >= 0.6 is 12.4 Å². The van der Waals surface area contributed by atoms with Gasteiger partial charge in [-0.2, -0.15) is 0 Å². The van der Waals surface area contributed by atoms with Gasteiger partial charge in [0.25, 0.3) is 5.91 Å². The van der Waals surface area contributed by atoms with Gasteiger partial charge in [-0.3, -0.25) is 4.79 Å². The van der Waals surface area contributed by atoms with Crippen molar-refractivity contribution in [2.24, 2.45) is 5.73 Å². The Balaban J connectivity index is 0.00000147. The second kappa shape index (κ2) is 5.85. The Hall–Kier alpha value is -1.52. The lowest BCUT2D eigenvalue weighted by atomic mass is 9.88. The minimum absolute atomic E-state index is 0. The van der Waals surface area contributed by atoms with Crippen molar-refractivity contribution in [1.29, 1.82) is 0 Å². The number of fused-ring (bicyclic) bond motifs is 1. The first-order chi connectivity index (χ1) is 9.16. The van der Waals surface area contributed by atoms with E-state index in [1.54, 1.807) is 0 Å². The van der Waals surface area contributed by atoms with Crippen LogP contribution in [-0.2, 0) is 0 Å². The van der Waals surface area contributed by atoms with E-state index in [1.807, 2.05) is 13.0 Å². The molecule has 0 bridgehead atoms. The average molecular weight is 294 g/mol. The molecule has 3 rings (SSSR count). The second-order valence-corrected chi connectivity index (χ2v) is 5.35. The molecule has 1 aliphatic rings. The highest BCUT2D eigenvalue weighted by atomic mass is 35.5. The third-order valence-electron chi connectivity index (χ3n) is 3.96. The van der Waals surface area contributed by atoms with Crippen molar-refractivity contribution in [3.05, 3.63) is 35.0 Å². The van der Waals surface area contributed by atoms with E-state index in [4.69, 9.17) is 5.73 Å². The van der Waals surface area contributed by atoms with E-state index in [0.717, 1.165) is 29.7 Å². The molecule has 1 aromatic heterocycles. The molecule has 1 amide bonds. The van der Waals surface area contributed by atoms with Crippen LogP contribution in [0.1, 0.15) is 40.4 Å². The van der Waals surface area contributed by atoms with Crippen molar-refractivity contribution in [2.45, 2.75) is 25.7 Å². The van der Waals surface area contributed by atoms with Crippen LogP contribution in [0.2, 0.25) is 0 Å². The van der Waals surface area contributed by atoms with Gasteiger partial charge in [0, 0.05) is 17.6 Å². The first-order valence-electron chi connectivity index (χ1n) is 6.79. The van der Waals surface area contributed by atoms with E-state index in [9.17, 15) is 4.79 Å². The number of nitrogens with two attached hydrogens (primary N) is 1. The molecule has 1 aliphatic heterocycles. The number of hydrogen-bond acceptors (Lipinski definition) is 2. The van der Waals surface area contributed by atoms with E-state index in [0.29, 0.717) is 11.5 Å². The van der Waals surface area contributed by atoms with Gasteiger partial charge in [-0.15, -0.1) is 12.4 Å². The summed E-state index contributed by atoms with van der Waals surface area (Å²) in [5.74, 6) is 0.147. The molecule has 1 atom stereocenters. The molecule has 2 heterocycles. The number of benzene rings is 1. The molecule has 1 aromatic carbocycles. The molecule has 108 valence electrons. The molecule has 4 nitrogen and oxygen atoms in total. The van der Waals surface area contributed by atoms with Gasteiger partial charge in [0.05, 0.1) is 11.1 Å². The molecular formula is C15H20ClN3O. The maximum Gasteiger partial charge on any atom is 0.250 e. The fraction of sp³-hybridized carbons (Fsp3) is 0.400. The lowest BCUT2D eigenvalue weighted by Gasteiger charge is -2.24. The van der Waals surface area contributed by atoms with Crippen LogP contribution in [0.5, 0.6) is 0 Å². The molecule has 20 heavy (non-hydrogen) atoms. The van der Waals surface area contributed by atoms with Gasteiger partial charge in [0.1, 0.15) is 0 Å². The van der Waals surface area contributed by atoms with Crippen molar-refractivity contribution in [3.8, 4) is 0 Å². The first kappa shape index (κ1) is 14.9. The number of carbonyl (C=O) groups is 1. The molecule has 0 saturated carbocycles. The molecule has 0 aliphatic carbocycles. The SMILES string of the molecule is Cc1cc2c([C@H]3CCCNC3)ccc(C(N)=O)c2[nH]1.Cl. The predicted octanol–water partition coefficient (Wildman–Crippen LogP) is 2.46. The van der Waals surface area contributed by atoms with Crippen LogP contribution in [0.25, 0.3) is 10.9 Å². The molecule has 5 heteroatoms. The fourth-order valence-corrected chi connectivity index (χ4v) is 3.05. The van der Waals surface area contributed by atoms with Crippen LogP contribution in [-0.4, -0.2) is 24.0 Å². The molecule has 1 fully saturated rings. The van der Waals surface area contributed by atoms with E-state index in [1.165, 1.54) is 18.4 Å². The lowest BCUT2D eigenvalue weighted by molar-refractivity contribution is 0.100. The van der Waals surface area contributed by atoms with Crippen molar-refractivity contribution < 1.29 is 4.79 Å². The number of piperidine rings is 1. The zero-order chi connectivity index (χ0) is 13.4. The highest BCUT2D eigenvalue weighted by Crippen LogP contribution is 2.32. The number of hydrogen-bond donors (Lipinski definition) is 3. The quantitative estimate of drug-likeness (QED) is 0.796. The molecular weight excluding hydrogens is 274 g/mol. The molecule has 4 N–H and O–H groups in total. The monoisotopic (exact) mass is 293 g/mol. The summed E-state index contributed by atoms with van der Waals surface area (Å²) in [7, 11) is 0. The summed E-state index contributed by atoms with van der Waals surface area (Å²) in [6.07, 6.45) is 2.40. The Labute approximate surface area is 124 Å². The smallest absolute Gasteiger partial charge is 0.250 e. The summed E-state index contributed by atoms with van der Waals surface area (Å²) in [5, 5.41) is 4.58. The van der Waals surface area contributed by atoms with E-state index < -0.39 is 0 Å².